The van der Waals surface area contributed by atoms with Crippen LogP contribution in [0.2, 0.25) is 0 Å². The molecular formula is C21H23N5O3. The van der Waals surface area contributed by atoms with Gasteiger partial charge in [-0.25, -0.2) is 9.97 Å². The molecule has 1 saturated carbocycles. The summed E-state index contributed by atoms with van der Waals surface area (Å²) in [6.45, 7) is 1.53. The van der Waals surface area contributed by atoms with E-state index in [-0.39, 0.29) is 24.1 Å². The van der Waals surface area contributed by atoms with Crippen LogP contribution in [0.1, 0.15) is 34.7 Å². The average Bonchev–Trinajstić information content (AvgIpc) is 3.55. The van der Waals surface area contributed by atoms with Crippen molar-refractivity contribution in [1.29, 1.82) is 0 Å². The summed E-state index contributed by atoms with van der Waals surface area (Å²) < 4.78 is 11.0. The molecule has 1 aliphatic carbocycles. The summed E-state index contributed by atoms with van der Waals surface area (Å²) >= 11 is 0. The quantitative estimate of drug-likeness (QED) is 0.604. The van der Waals surface area contributed by atoms with Gasteiger partial charge in [0.25, 0.3) is 5.91 Å². The molecule has 150 valence electrons. The molecule has 4 rings (SSSR count). The van der Waals surface area contributed by atoms with Gasteiger partial charge in [-0.2, -0.15) is 0 Å². The molecule has 0 radical (unpaired) electrons. The first-order valence-corrected chi connectivity index (χ1v) is 9.55. The maximum atomic E-state index is 12.8. The van der Waals surface area contributed by atoms with Crippen LogP contribution in [0.5, 0.6) is 5.75 Å². The molecule has 29 heavy (non-hydrogen) atoms. The molecule has 0 aliphatic heterocycles. The zero-order valence-corrected chi connectivity index (χ0v) is 16.2. The van der Waals surface area contributed by atoms with Crippen molar-refractivity contribution in [1.82, 2.24) is 20.3 Å². The molecule has 1 aliphatic rings. The van der Waals surface area contributed by atoms with Crippen molar-refractivity contribution in [2.45, 2.75) is 26.0 Å². The van der Waals surface area contributed by atoms with E-state index in [2.05, 4.69) is 20.3 Å². The molecular weight excluding hydrogens is 370 g/mol. The maximum absolute atomic E-state index is 12.8. The predicted octanol–water partition coefficient (Wildman–Crippen LogP) is 2.47. The number of nitrogens with two attached hydrogens (primary N) is 1. The summed E-state index contributed by atoms with van der Waals surface area (Å²) in [5, 5.41) is 3.43. The van der Waals surface area contributed by atoms with E-state index >= 15 is 0 Å². The monoisotopic (exact) mass is 393 g/mol. The zero-order chi connectivity index (χ0) is 20.2. The third-order valence-electron chi connectivity index (χ3n) is 4.74. The third-order valence-corrected chi connectivity index (χ3v) is 4.74. The van der Waals surface area contributed by atoms with E-state index in [1.54, 1.807) is 25.3 Å². The Labute approximate surface area is 168 Å². The molecule has 0 bridgehead atoms. The van der Waals surface area contributed by atoms with Gasteiger partial charge in [-0.15, -0.1) is 0 Å². The van der Waals surface area contributed by atoms with Crippen LogP contribution in [0.4, 0.5) is 5.95 Å². The van der Waals surface area contributed by atoms with Crippen molar-refractivity contribution in [2.24, 2.45) is 5.92 Å². The number of fused-ring (bicyclic) bond motifs is 1. The second kappa shape index (κ2) is 8.40. The highest BCUT2D eigenvalue weighted by atomic mass is 16.5. The van der Waals surface area contributed by atoms with Gasteiger partial charge in [0.15, 0.2) is 0 Å². The Morgan fingerprint density at radius 3 is 2.72 bits per heavy atom. The molecule has 1 fully saturated rings. The summed E-state index contributed by atoms with van der Waals surface area (Å²) in [6.07, 6.45) is 2.52. The molecule has 3 N–H and O–H groups in total. The Bertz CT molecular complexity index is 1040. The van der Waals surface area contributed by atoms with Crippen molar-refractivity contribution in [3.8, 4) is 5.75 Å². The van der Waals surface area contributed by atoms with Crippen LogP contribution in [-0.2, 0) is 17.9 Å². The number of para-hydroxylation sites is 1. The number of benzene rings is 1. The van der Waals surface area contributed by atoms with E-state index in [0.29, 0.717) is 29.2 Å². The summed E-state index contributed by atoms with van der Waals surface area (Å²) in [5.74, 6) is 0.909. The predicted molar refractivity (Wildman–Crippen MR) is 108 cm³/mol. The van der Waals surface area contributed by atoms with E-state index in [9.17, 15) is 4.79 Å². The number of nitrogen functional groups attached to an aromatic ring is 1. The van der Waals surface area contributed by atoms with E-state index < -0.39 is 0 Å². The van der Waals surface area contributed by atoms with Crippen molar-refractivity contribution in [2.75, 3.05) is 19.5 Å². The molecule has 0 atom stereocenters. The topological polar surface area (TPSA) is 112 Å². The van der Waals surface area contributed by atoms with Gasteiger partial charge in [-0.05, 0) is 37.0 Å². The van der Waals surface area contributed by atoms with E-state index in [1.165, 1.54) is 12.8 Å². The minimum absolute atomic E-state index is 0.0140. The fourth-order valence-electron chi connectivity index (χ4n) is 3.06. The van der Waals surface area contributed by atoms with Crippen LogP contribution in [0.15, 0.2) is 36.4 Å². The number of carbonyl (C=O) groups is 1. The lowest BCUT2D eigenvalue weighted by Gasteiger charge is -2.10. The first-order valence-electron chi connectivity index (χ1n) is 9.55. The minimum atomic E-state index is -0.352. The summed E-state index contributed by atoms with van der Waals surface area (Å²) in [6, 6.07) is 11.0. The largest absolute Gasteiger partial charge is 0.494 e. The van der Waals surface area contributed by atoms with Crippen LogP contribution in [0.3, 0.4) is 0 Å². The molecule has 0 unspecified atom stereocenters. The lowest BCUT2D eigenvalue weighted by atomic mass is 10.1. The van der Waals surface area contributed by atoms with Gasteiger partial charge in [0, 0.05) is 12.0 Å². The summed E-state index contributed by atoms with van der Waals surface area (Å²) in [7, 11) is 1.54. The van der Waals surface area contributed by atoms with Crippen LogP contribution >= 0.6 is 0 Å². The first-order chi connectivity index (χ1) is 14.1. The van der Waals surface area contributed by atoms with Crippen LogP contribution in [0.25, 0.3) is 10.9 Å². The number of rotatable bonds is 8. The fraction of sp³-hybridized carbons (Fsp3) is 0.333. The van der Waals surface area contributed by atoms with E-state index in [1.807, 2.05) is 18.2 Å². The minimum Gasteiger partial charge on any atom is -0.494 e. The van der Waals surface area contributed by atoms with Crippen LogP contribution in [-0.4, -0.2) is 34.6 Å². The van der Waals surface area contributed by atoms with Crippen LogP contribution < -0.4 is 15.8 Å². The van der Waals surface area contributed by atoms with Crippen molar-refractivity contribution in [3.05, 3.63) is 53.5 Å². The molecule has 8 heteroatoms. The Balaban J connectivity index is 1.46. The number of carbonyl (C=O) groups excluding carboxylic acids is 1. The smallest absolute Gasteiger partial charge is 0.271 e. The number of anilines is 1. The fourth-order valence-corrected chi connectivity index (χ4v) is 3.06. The standard InChI is InChI=1S/C21H23N5O3/c1-28-17-7-3-6-16-18(17)25-21(22)26-19(16)20(27)23-10-14-4-2-5-15(24-14)12-29-11-13-8-9-13/h2-7,13H,8-12H2,1H3,(H,23,27)(H2,22,25,26). The van der Waals surface area contributed by atoms with Gasteiger partial charge >= 0.3 is 0 Å². The second-order valence-electron chi connectivity index (χ2n) is 7.05. The Morgan fingerprint density at radius 2 is 1.93 bits per heavy atom. The molecule has 8 nitrogen and oxygen atoms in total. The number of ether oxygens (including phenoxy) is 2. The summed E-state index contributed by atoms with van der Waals surface area (Å²) in [4.78, 5) is 25.6. The highest BCUT2D eigenvalue weighted by Crippen LogP contribution is 2.29. The Morgan fingerprint density at radius 1 is 1.14 bits per heavy atom. The maximum Gasteiger partial charge on any atom is 0.271 e. The van der Waals surface area contributed by atoms with E-state index in [0.717, 1.165) is 18.0 Å². The Hall–Kier alpha value is -3.26. The van der Waals surface area contributed by atoms with Gasteiger partial charge < -0.3 is 20.5 Å². The number of nitrogens with one attached hydrogen (secondary N) is 1. The highest BCUT2D eigenvalue weighted by molar-refractivity contribution is 6.05. The average molecular weight is 393 g/mol. The van der Waals surface area contributed by atoms with Crippen LogP contribution in [0, 0.1) is 5.92 Å². The SMILES string of the molecule is COc1cccc2c(C(=O)NCc3cccc(COCC4CC4)n3)nc(N)nc12. The van der Waals surface area contributed by atoms with Gasteiger partial charge in [0.2, 0.25) is 5.95 Å². The Kier molecular flexibility index (Phi) is 5.53. The summed E-state index contributed by atoms with van der Waals surface area (Å²) in [5.41, 5.74) is 8.10. The number of aromatic nitrogens is 3. The number of nitrogens with zero attached hydrogens (tertiary/aromatic N) is 3. The number of methoxy groups -OCH3 is 1. The van der Waals surface area contributed by atoms with Gasteiger partial charge in [0.05, 0.1) is 31.6 Å². The molecule has 1 amide bonds. The van der Waals surface area contributed by atoms with E-state index in [4.69, 9.17) is 15.2 Å². The van der Waals surface area contributed by atoms with Gasteiger partial charge in [-0.3, -0.25) is 9.78 Å². The normalized spacial score (nSPS) is 13.4. The molecule has 3 aromatic rings. The van der Waals surface area contributed by atoms with Gasteiger partial charge in [0.1, 0.15) is 17.0 Å². The third kappa shape index (κ3) is 4.60. The molecule has 0 saturated heterocycles. The molecule has 1 aromatic carbocycles. The second-order valence-corrected chi connectivity index (χ2v) is 7.05. The number of hydrogen-bond acceptors (Lipinski definition) is 7. The highest BCUT2D eigenvalue weighted by Gasteiger charge is 2.21. The number of hydrogen-bond donors (Lipinski definition) is 2. The molecule has 2 heterocycles. The van der Waals surface area contributed by atoms with Crippen molar-refractivity contribution in [3.63, 3.8) is 0 Å². The lowest BCUT2D eigenvalue weighted by molar-refractivity contribution is 0.0947. The molecule has 0 spiro atoms. The first kappa shape index (κ1) is 19.1. The lowest BCUT2D eigenvalue weighted by Crippen LogP contribution is -2.25. The number of amides is 1. The molecule has 2 aromatic heterocycles. The number of pyridine rings is 1. The van der Waals surface area contributed by atoms with Crippen molar-refractivity contribution < 1.29 is 14.3 Å². The van der Waals surface area contributed by atoms with Gasteiger partial charge in [-0.1, -0.05) is 18.2 Å². The van der Waals surface area contributed by atoms with Crippen molar-refractivity contribution >= 4 is 22.8 Å². The zero-order valence-electron chi connectivity index (χ0n) is 16.2.